The summed E-state index contributed by atoms with van der Waals surface area (Å²) in [6, 6.07) is 6.36. The SMILES string of the molecule is COc1ccc(N(C)C(CO)C(C)C)cc1C(C)C. The summed E-state index contributed by atoms with van der Waals surface area (Å²) in [5, 5.41) is 9.54. The molecule has 3 nitrogen and oxygen atoms in total. The summed E-state index contributed by atoms with van der Waals surface area (Å²) in [4.78, 5) is 2.15. The van der Waals surface area contributed by atoms with E-state index in [4.69, 9.17) is 4.74 Å². The first kappa shape index (κ1) is 15.8. The lowest BCUT2D eigenvalue weighted by atomic mass is 9.99. The fourth-order valence-corrected chi connectivity index (χ4v) is 2.36. The Morgan fingerprint density at radius 2 is 1.84 bits per heavy atom. The lowest BCUT2D eigenvalue weighted by molar-refractivity contribution is 0.234. The minimum absolute atomic E-state index is 0.133. The first-order chi connectivity index (χ1) is 8.92. The minimum atomic E-state index is 0.133. The highest BCUT2D eigenvalue weighted by atomic mass is 16.5. The number of hydrogen-bond acceptors (Lipinski definition) is 3. The van der Waals surface area contributed by atoms with Gasteiger partial charge in [0.25, 0.3) is 0 Å². The van der Waals surface area contributed by atoms with Gasteiger partial charge >= 0.3 is 0 Å². The predicted octanol–water partition coefficient (Wildman–Crippen LogP) is 3.27. The third-order valence-electron chi connectivity index (χ3n) is 3.70. The molecule has 0 saturated heterocycles. The molecule has 1 atom stereocenters. The van der Waals surface area contributed by atoms with Gasteiger partial charge in [0.05, 0.1) is 19.8 Å². The van der Waals surface area contributed by atoms with Gasteiger partial charge < -0.3 is 14.7 Å². The molecule has 1 aromatic carbocycles. The molecule has 0 aliphatic rings. The van der Waals surface area contributed by atoms with Crippen molar-refractivity contribution in [2.75, 3.05) is 25.7 Å². The molecular formula is C16H27NO2. The van der Waals surface area contributed by atoms with Crippen molar-refractivity contribution >= 4 is 5.69 Å². The van der Waals surface area contributed by atoms with E-state index in [-0.39, 0.29) is 12.6 Å². The van der Waals surface area contributed by atoms with E-state index in [0.717, 1.165) is 11.4 Å². The highest BCUT2D eigenvalue weighted by molar-refractivity contribution is 5.54. The van der Waals surface area contributed by atoms with Gasteiger partial charge in [0, 0.05) is 12.7 Å². The zero-order valence-electron chi connectivity index (χ0n) is 13.0. The fraction of sp³-hybridized carbons (Fsp3) is 0.625. The van der Waals surface area contributed by atoms with Crippen LogP contribution in [0.1, 0.15) is 39.2 Å². The van der Waals surface area contributed by atoms with Crippen LogP contribution in [0.4, 0.5) is 5.69 Å². The van der Waals surface area contributed by atoms with E-state index in [1.54, 1.807) is 7.11 Å². The summed E-state index contributed by atoms with van der Waals surface area (Å²) in [7, 11) is 3.74. The van der Waals surface area contributed by atoms with Crippen molar-refractivity contribution < 1.29 is 9.84 Å². The van der Waals surface area contributed by atoms with Gasteiger partial charge in [-0.2, -0.15) is 0 Å². The maximum atomic E-state index is 9.54. The van der Waals surface area contributed by atoms with Crippen LogP contribution in [0.25, 0.3) is 0 Å². The topological polar surface area (TPSA) is 32.7 Å². The summed E-state index contributed by atoms with van der Waals surface area (Å²) >= 11 is 0. The smallest absolute Gasteiger partial charge is 0.122 e. The van der Waals surface area contributed by atoms with E-state index in [0.29, 0.717) is 11.8 Å². The number of ether oxygens (including phenoxy) is 1. The third-order valence-corrected chi connectivity index (χ3v) is 3.70. The van der Waals surface area contributed by atoms with Crippen molar-refractivity contribution in [3.05, 3.63) is 23.8 Å². The molecule has 1 N–H and O–H groups in total. The number of rotatable bonds is 6. The maximum Gasteiger partial charge on any atom is 0.122 e. The Labute approximate surface area is 117 Å². The van der Waals surface area contributed by atoms with E-state index in [1.165, 1.54) is 5.56 Å². The van der Waals surface area contributed by atoms with E-state index in [2.05, 4.69) is 44.7 Å². The number of benzene rings is 1. The number of nitrogens with zero attached hydrogens (tertiary/aromatic N) is 1. The van der Waals surface area contributed by atoms with Crippen LogP contribution >= 0.6 is 0 Å². The molecule has 0 aliphatic heterocycles. The molecule has 0 bridgehead atoms. The molecule has 1 rings (SSSR count). The Balaban J connectivity index is 3.10. The van der Waals surface area contributed by atoms with Crippen LogP contribution in [0, 0.1) is 5.92 Å². The lowest BCUT2D eigenvalue weighted by Crippen LogP contribution is -2.39. The summed E-state index contributed by atoms with van der Waals surface area (Å²) in [5.74, 6) is 1.74. The van der Waals surface area contributed by atoms with E-state index in [9.17, 15) is 5.11 Å². The quantitative estimate of drug-likeness (QED) is 0.857. The van der Waals surface area contributed by atoms with Gasteiger partial charge in [0.2, 0.25) is 0 Å². The van der Waals surface area contributed by atoms with Crippen molar-refractivity contribution in [3.8, 4) is 5.75 Å². The summed E-state index contributed by atoms with van der Waals surface area (Å²) in [6.07, 6.45) is 0. The highest BCUT2D eigenvalue weighted by Gasteiger charge is 2.19. The second kappa shape index (κ2) is 6.80. The van der Waals surface area contributed by atoms with E-state index in [1.807, 2.05) is 13.1 Å². The van der Waals surface area contributed by atoms with Gasteiger partial charge in [-0.3, -0.25) is 0 Å². The molecule has 3 heteroatoms. The molecule has 1 unspecified atom stereocenters. The second-order valence-corrected chi connectivity index (χ2v) is 5.69. The largest absolute Gasteiger partial charge is 0.496 e. The summed E-state index contributed by atoms with van der Waals surface area (Å²) < 4.78 is 5.41. The van der Waals surface area contributed by atoms with Gasteiger partial charge in [-0.05, 0) is 35.6 Å². The molecule has 0 radical (unpaired) electrons. The summed E-state index contributed by atoms with van der Waals surface area (Å²) in [5.41, 5.74) is 2.32. The number of aliphatic hydroxyl groups is 1. The van der Waals surface area contributed by atoms with Gasteiger partial charge in [-0.1, -0.05) is 27.7 Å². The normalized spacial score (nSPS) is 12.9. The molecule has 108 valence electrons. The third kappa shape index (κ3) is 3.63. The van der Waals surface area contributed by atoms with Crippen LogP contribution < -0.4 is 9.64 Å². The van der Waals surface area contributed by atoms with Crippen LogP contribution in [-0.4, -0.2) is 31.9 Å². The molecule has 0 fully saturated rings. The zero-order valence-corrected chi connectivity index (χ0v) is 13.0. The van der Waals surface area contributed by atoms with Crippen molar-refractivity contribution in [1.82, 2.24) is 0 Å². The molecule has 0 aliphatic carbocycles. The summed E-state index contributed by atoms with van der Waals surface area (Å²) in [6.45, 7) is 8.74. The monoisotopic (exact) mass is 265 g/mol. The highest BCUT2D eigenvalue weighted by Crippen LogP contribution is 2.31. The molecule has 19 heavy (non-hydrogen) atoms. The number of hydrogen-bond donors (Lipinski definition) is 1. The second-order valence-electron chi connectivity index (χ2n) is 5.69. The van der Waals surface area contributed by atoms with Gasteiger partial charge in [0.15, 0.2) is 0 Å². The molecule has 0 spiro atoms. The average molecular weight is 265 g/mol. The molecule has 0 aromatic heterocycles. The van der Waals surface area contributed by atoms with Crippen molar-refractivity contribution in [3.63, 3.8) is 0 Å². The molecular weight excluding hydrogens is 238 g/mol. The zero-order chi connectivity index (χ0) is 14.6. The van der Waals surface area contributed by atoms with Gasteiger partial charge in [-0.15, -0.1) is 0 Å². The van der Waals surface area contributed by atoms with Crippen LogP contribution in [-0.2, 0) is 0 Å². The van der Waals surface area contributed by atoms with Crippen LogP contribution in [0.3, 0.4) is 0 Å². The van der Waals surface area contributed by atoms with Crippen molar-refractivity contribution in [2.45, 2.75) is 39.7 Å². The first-order valence-corrected chi connectivity index (χ1v) is 6.94. The Morgan fingerprint density at radius 3 is 2.26 bits per heavy atom. The van der Waals surface area contributed by atoms with E-state index >= 15 is 0 Å². The standard InChI is InChI=1S/C16H27NO2/c1-11(2)14-9-13(7-8-16(14)19-6)17(5)15(10-18)12(3)4/h7-9,11-12,15,18H,10H2,1-6H3. The average Bonchev–Trinajstić information content (AvgIpc) is 2.38. The van der Waals surface area contributed by atoms with Crippen molar-refractivity contribution in [2.24, 2.45) is 5.92 Å². The Bertz CT molecular complexity index is 402. The fourth-order valence-electron chi connectivity index (χ4n) is 2.36. The Morgan fingerprint density at radius 1 is 1.21 bits per heavy atom. The van der Waals surface area contributed by atoms with Crippen LogP contribution in [0.2, 0.25) is 0 Å². The molecule has 0 saturated carbocycles. The van der Waals surface area contributed by atoms with Crippen LogP contribution in [0.5, 0.6) is 5.75 Å². The Hall–Kier alpha value is -1.22. The molecule has 1 aromatic rings. The van der Waals surface area contributed by atoms with Gasteiger partial charge in [0.1, 0.15) is 5.75 Å². The lowest BCUT2D eigenvalue weighted by Gasteiger charge is -2.32. The van der Waals surface area contributed by atoms with Gasteiger partial charge in [-0.25, -0.2) is 0 Å². The number of methoxy groups -OCH3 is 1. The van der Waals surface area contributed by atoms with Crippen LogP contribution in [0.15, 0.2) is 18.2 Å². The minimum Gasteiger partial charge on any atom is -0.496 e. The molecule has 0 heterocycles. The van der Waals surface area contributed by atoms with Crippen molar-refractivity contribution in [1.29, 1.82) is 0 Å². The number of anilines is 1. The number of aliphatic hydroxyl groups excluding tert-OH is 1. The maximum absolute atomic E-state index is 9.54. The first-order valence-electron chi connectivity index (χ1n) is 6.94. The predicted molar refractivity (Wildman–Crippen MR) is 81.2 cm³/mol. The Kier molecular flexibility index (Phi) is 5.67. The molecule has 0 amide bonds. The number of likely N-dealkylation sites (N-methyl/N-ethyl adjacent to an activating group) is 1. The van der Waals surface area contributed by atoms with E-state index < -0.39 is 0 Å².